The van der Waals surface area contributed by atoms with E-state index < -0.39 is 17.8 Å². The van der Waals surface area contributed by atoms with Gasteiger partial charge in [-0.05, 0) is 50.1 Å². The molecule has 1 heterocycles. The molecule has 3 N–H and O–H groups in total. The summed E-state index contributed by atoms with van der Waals surface area (Å²) in [5.41, 5.74) is 0.987. The van der Waals surface area contributed by atoms with E-state index in [2.05, 4.69) is 20.9 Å². The maximum Gasteiger partial charge on any atom is 0.416 e. The first-order valence-corrected chi connectivity index (χ1v) is 10.2. The molecule has 0 saturated heterocycles. The second kappa shape index (κ2) is 10.2. The summed E-state index contributed by atoms with van der Waals surface area (Å²) < 4.78 is 43.7. The van der Waals surface area contributed by atoms with Gasteiger partial charge in [0.15, 0.2) is 0 Å². The van der Waals surface area contributed by atoms with E-state index in [1.165, 1.54) is 12.1 Å². The standard InChI is InChI=1S/C23H25F3N4O2/c1-15(29-20-14-19(32-2)12-16-7-5-10-27-21(16)20)6-4-11-28-22(31)30-18-9-3-8-17(13-18)23(24,25)26/h3,5,7-10,12-15,29H,4,6,11H2,1-2H3,(H2,28,30,31). The fourth-order valence-corrected chi connectivity index (χ4v) is 3.29. The molecule has 2 amide bonds. The number of rotatable bonds is 8. The summed E-state index contributed by atoms with van der Waals surface area (Å²) in [4.78, 5) is 16.4. The van der Waals surface area contributed by atoms with Gasteiger partial charge in [-0.1, -0.05) is 12.1 Å². The van der Waals surface area contributed by atoms with Crippen LogP contribution < -0.4 is 20.7 Å². The summed E-state index contributed by atoms with van der Waals surface area (Å²) in [7, 11) is 1.61. The lowest BCUT2D eigenvalue weighted by atomic mass is 10.1. The lowest BCUT2D eigenvalue weighted by Crippen LogP contribution is -2.30. The molecule has 170 valence electrons. The van der Waals surface area contributed by atoms with E-state index in [0.717, 1.165) is 40.9 Å². The van der Waals surface area contributed by atoms with Crippen molar-refractivity contribution < 1.29 is 22.7 Å². The number of urea groups is 1. The summed E-state index contributed by atoms with van der Waals surface area (Å²) in [5, 5.41) is 9.49. The molecule has 3 aromatic rings. The Morgan fingerprint density at radius 1 is 1.16 bits per heavy atom. The number of methoxy groups -OCH3 is 1. The SMILES string of the molecule is COc1cc(NC(C)CCCNC(=O)Nc2cccc(C(F)(F)F)c2)c2ncccc2c1. The number of alkyl halides is 3. The van der Waals surface area contributed by atoms with E-state index in [0.29, 0.717) is 13.0 Å². The first kappa shape index (κ1) is 23.2. The highest BCUT2D eigenvalue weighted by atomic mass is 19.4. The molecule has 0 aliphatic heterocycles. The number of ether oxygens (including phenoxy) is 1. The predicted octanol–water partition coefficient (Wildman–Crippen LogP) is 5.66. The van der Waals surface area contributed by atoms with Crippen molar-refractivity contribution in [3.05, 3.63) is 60.3 Å². The van der Waals surface area contributed by atoms with Gasteiger partial charge in [-0.3, -0.25) is 4.98 Å². The highest BCUT2D eigenvalue weighted by Gasteiger charge is 2.30. The summed E-state index contributed by atoms with van der Waals surface area (Å²) in [6.45, 7) is 2.41. The van der Waals surface area contributed by atoms with Crippen molar-refractivity contribution >= 4 is 28.3 Å². The Morgan fingerprint density at radius 3 is 2.72 bits per heavy atom. The number of aromatic nitrogens is 1. The van der Waals surface area contributed by atoms with Crippen LogP contribution in [0, 0.1) is 0 Å². The van der Waals surface area contributed by atoms with E-state index in [1.807, 2.05) is 31.2 Å². The van der Waals surface area contributed by atoms with Gasteiger partial charge in [-0.2, -0.15) is 13.2 Å². The fraction of sp³-hybridized carbons (Fsp3) is 0.304. The molecule has 1 atom stereocenters. The van der Waals surface area contributed by atoms with Gasteiger partial charge in [-0.15, -0.1) is 0 Å². The number of halogens is 3. The van der Waals surface area contributed by atoms with Crippen LogP contribution in [-0.4, -0.2) is 30.7 Å². The van der Waals surface area contributed by atoms with E-state index in [9.17, 15) is 18.0 Å². The largest absolute Gasteiger partial charge is 0.497 e. The minimum Gasteiger partial charge on any atom is -0.497 e. The number of hydrogen-bond acceptors (Lipinski definition) is 4. The van der Waals surface area contributed by atoms with Gasteiger partial charge < -0.3 is 20.7 Å². The quantitative estimate of drug-likeness (QED) is 0.390. The van der Waals surface area contributed by atoms with E-state index in [1.54, 1.807) is 13.3 Å². The van der Waals surface area contributed by atoms with Crippen molar-refractivity contribution in [1.29, 1.82) is 0 Å². The van der Waals surface area contributed by atoms with Crippen molar-refractivity contribution in [2.75, 3.05) is 24.3 Å². The number of pyridine rings is 1. The van der Waals surface area contributed by atoms with Crippen molar-refractivity contribution in [3.63, 3.8) is 0 Å². The van der Waals surface area contributed by atoms with Crippen LogP contribution in [0.2, 0.25) is 0 Å². The molecule has 0 aliphatic rings. The first-order chi connectivity index (χ1) is 15.3. The van der Waals surface area contributed by atoms with Crippen molar-refractivity contribution in [2.45, 2.75) is 32.0 Å². The highest BCUT2D eigenvalue weighted by molar-refractivity contribution is 5.92. The summed E-state index contributed by atoms with van der Waals surface area (Å²) in [6.07, 6.45) is -1.28. The number of nitrogens with zero attached hydrogens (tertiary/aromatic N) is 1. The Balaban J connectivity index is 1.47. The van der Waals surface area contributed by atoms with Crippen LogP contribution >= 0.6 is 0 Å². The topological polar surface area (TPSA) is 75.3 Å². The van der Waals surface area contributed by atoms with Crippen LogP contribution in [-0.2, 0) is 6.18 Å². The van der Waals surface area contributed by atoms with Crippen LogP contribution in [0.15, 0.2) is 54.7 Å². The molecular formula is C23H25F3N4O2. The molecule has 6 nitrogen and oxygen atoms in total. The molecule has 0 fully saturated rings. The Morgan fingerprint density at radius 2 is 1.97 bits per heavy atom. The second-order valence-electron chi connectivity index (χ2n) is 7.40. The zero-order chi connectivity index (χ0) is 23.1. The molecule has 0 spiro atoms. The van der Waals surface area contributed by atoms with Crippen molar-refractivity contribution in [1.82, 2.24) is 10.3 Å². The average Bonchev–Trinajstić information content (AvgIpc) is 2.76. The molecule has 0 aliphatic carbocycles. The molecule has 32 heavy (non-hydrogen) atoms. The number of hydrogen-bond donors (Lipinski definition) is 3. The Bertz CT molecular complexity index is 1070. The third-order valence-electron chi connectivity index (χ3n) is 4.86. The number of fused-ring (bicyclic) bond motifs is 1. The second-order valence-corrected chi connectivity index (χ2v) is 7.40. The molecule has 9 heteroatoms. The Kier molecular flexibility index (Phi) is 7.40. The lowest BCUT2D eigenvalue weighted by molar-refractivity contribution is -0.137. The first-order valence-electron chi connectivity index (χ1n) is 10.2. The number of carbonyl (C=O) groups is 1. The average molecular weight is 446 g/mol. The summed E-state index contributed by atoms with van der Waals surface area (Å²) in [5.74, 6) is 0.730. The fourth-order valence-electron chi connectivity index (χ4n) is 3.29. The van der Waals surface area contributed by atoms with Gasteiger partial charge in [0.25, 0.3) is 0 Å². The van der Waals surface area contributed by atoms with Gasteiger partial charge in [0.2, 0.25) is 0 Å². The number of benzene rings is 2. The molecule has 1 aromatic heterocycles. The van der Waals surface area contributed by atoms with Gasteiger partial charge >= 0.3 is 12.2 Å². The maximum atomic E-state index is 12.8. The summed E-state index contributed by atoms with van der Waals surface area (Å²) >= 11 is 0. The minimum absolute atomic E-state index is 0.0877. The van der Waals surface area contributed by atoms with Gasteiger partial charge in [-0.25, -0.2) is 4.79 Å². The van der Waals surface area contributed by atoms with Crippen LogP contribution in [0.25, 0.3) is 10.9 Å². The van der Waals surface area contributed by atoms with Crippen molar-refractivity contribution in [3.8, 4) is 5.75 Å². The van der Waals surface area contributed by atoms with E-state index in [-0.39, 0.29) is 11.7 Å². The van der Waals surface area contributed by atoms with E-state index in [4.69, 9.17) is 4.74 Å². The highest BCUT2D eigenvalue weighted by Crippen LogP contribution is 2.31. The predicted molar refractivity (Wildman–Crippen MR) is 119 cm³/mol. The lowest BCUT2D eigenvalue weighted by Gasteiger charge is -2.17. The monoisotopic (exact) mass is 446 g/mol. The number of amides is 2. The Labute approximate surface area is 184 Å². The number of anilines is 2. The Hall–Kier alpha value is -3.49. The maximum absolute atomic E-state index is 12.8. The molecule has 3 rings (SSSR count). The third-order valence-corrected chi connectivity index (χ3v) is 4.86. The zero-order valence-corrected chi connectivity index (χ0v) is 17.8. The molecule has 1 unspecified atom stereocenters. The molecular weight excluding hydrogens is 421 g/mol. The van der Waals surface area contributed by atoms with Crippen LogP contribution in [0.4, 0.5) is 29.3 Å². The van der Waals surface area contributed by atoms with Gasteiger partial charge in [0, 0.05) is 35.9 Å². The zero-order valence-electron chi connectivity index (χ0n) is 17.8. The number of carbonyl (C=O) groups excluding carboxylic acids is 1. The van der Waals surface area contributed by atoms with Crippen LogP contribution in [0.1, 0.15) is 25.3 Å². The normalized spacial score (nSPS) is 12.3. The van der Waals surface area contributed by atoms with Crippen molar-refractivity contribution in [2.24, 2.45) is 0 Å². The van der Waals surface area contributed by atoms with Crippen LogP contribution in [0.3, 0.4) is 0 Å². The molecule has 0 bridgehead atoms. The number of nitrogens with one attached hydrogen (secondary N) is 3. The summed E-state index contributed by atoms with van der Waals surface area (Å²) in [6, 6.07) is 11.7. The smallest absolute Gasteiger partial charge is 0.416 e. The van der Waals surface area contributed by atoms with E-state index >= 15 is 0 Å². The molecule has 2 aromatic carbocycles. The minimum atomic E-state index is -4.46. The molecule has 0 saturated carbocycles. The van der Waals surface area contributed by atoms with Gasteiger partial charge in [0.1, 0.15) is 5.75 Å². The molecule has 0 radical (unpaired) electrons. The van der Waals surface area contributed by atoms with Crippen LogP contribution in [0.5, 0.6) is 5.75 Å². The third kappa shape index (κ3) is 6.26. The van der Waals surface area contributed by atoms with Gasteiger partial charge in [0.05, 0.1) is 23.9 Å².